The van der Waals surface area contributed by atoms with E-state index in [1.807, 2.05) is 0 Å². The van der Waals surface area contributed by atoms with Crippen LogP contribution >= 0.6 is 0 Å². The van der Waals surface area contributed by atoms with E-state index in [4.69, 9.17) is 0 Å². The molecule has 1 aliphatic rings. The van der Waals surface area contributed by atoms with Gasteiger partial charge in [-0.25, -0.2) is 17.2 Å². The molecule has 1 aliphatic carbocycles. The third-order valence-corrected chi connectivity index (χ3v) is 5.83. The third-order valence-electron chi connectivity index (χ3n) is 3.77. The van der Waals surface area contributed by atoms with Crippen molar-refractivity contribution in [3.8, 4) is 0 Å². The van der Waals surface area contributed by atoms with Gasteiger partial charge in [-0.1, -0.05) is 26.2 Å². The molecule has 1 aromatic rings. The highest BCUT2D eigenvalue weighted by atomic mass is 32.2. The summed E-state index contributed by atoms with van der Waals surface area (Å²) in [5.74, 6) is -1.80. The molecule has 0 saturated heterocycles. The van der Waals surface area contributed by atoms with E-state index in [2.05, 4.69) is 0 Å². The fraction of sp³-hybridized carbons (Fsp3) is 0.571. The van der Waals surface area contributed by atoms with Crippen LogP contribution in [-0.2, 0) is 10.0 Å². The second-order valence-electron chi connectivity index (χ2n) is 5.07. The molecule has 0 atom stereocenters. The van der Waals surface area contributed by atoms with Gasteiger partial charge < -0.3 is 0 Å². The molecule has 2 rings (SSSR count). The molecule has 0 bridgehead atoms. The van der Waals surface area contributed by atoms with E-state index in [-0.39, 0.29) is 6.04 Å². The topological polar surface area (TPSA) is 37.4 Å². The molecule has 20 heavy (non-hydrogen) atoms. The summed E-state index contributed by atoms with van der Waals surface area (Å²) in [6, 6.07) is 2.51. The second-order valence-corrected chi connectivity index (χ2v) is 6.93. The molecule has 0 radical (unpaired) electrons. The SMILES string of the molecule is CCN(C1CCCCC1)S(=O)(=O)c1ccc(F)cc1F. The van der Waals surface area contributed by atoms with Crippen LogP contribution in [-0.4, -0.2) is 25.3 Å². The van der Waals surface area contributed by atoms with Crippen LogP contribution in [0.1, 0.15) is 39.0 Å². The van der Waals surface area contributed by atoms with Crippen molar-refractivity contribution in [1.82, 2.24) is 4.31 Å². The summed E-state index contributed by atoms with van der Waals surface area (Å²) in [5, 5.41) is 0. The van der Waals surface area contributed by atoms with Gasteiger partial charge in [0, 0.05) is 18.7 Å². The summed E-state index contributed by atoms with van der Waals surface area (Å²) in [6.07, 6.45) is 4.69. The zero-order valence-corrected chi connectivity index (χ0v) is 12.3. The van der Waals surface area contributed by atoms with Gasteiger partial charge >= 0.3 is 0 Å². The maximum atomic E-state index is 13.8. The quantitative estimate of drug-likeness (QED) is 0.856. The molecule has 0 N–H and O–H groups in total. The molecule has 0 aliphatic heterocycles. The molecule has 1 saturated carbocycles. The molecule has 0 amide bonds. The van der Waals surface area contributed by atoms with Crippen molar-refractivity contribution in [2.24, 2.45) is 0 Å². The lowest BCUT2D eigenvalue weighted by Gasteiger charge is -2.32. The lowest BCUT2D eigenvalue weighted by molar-refractivity contribution is 0.260. The van der Waals surface area contributed by atoms with Gasteiger partial charge in [0.15, 0.2) is 0 Å². The van der Waals surface area contributed by atoms with Crippen LogP contribution in [0.25, 0.3) is 0 Å². The minimum Gasteiger partial charge on any atom is -0.207 e. The molecule has 0 unspecified atom stereocenters. The normalized spacial score (nSPS) is 17.6. The van der Waals surface area contributed by atoms with Gasteiger partial charge in [0.1, 0.15) is 16.5 Å². The molecular weight excluding hydrogens is 284 g/mol. The Kier molecular flexibility index (Phi) is 4.75. The molecule has 112 valence electrons. The zero-order chi connectivity index (χ0) is 14.8. The maximum absolute atomic E-state index is 13.8. The summed E-state index contributed by atoms with van der Waals surface area (Å²) >= 11 is 0. The maximum Gasteiger partial charge on any atom is 0.246 e. The van der Waals surface area contributed by atoms with Gasteiger partial charge in [-0.3, -0.25) is 0 Å². The highest BCUT2D eigenvalue weighted by Gasteiger charge is 2.32. The Balaban J connectivity index is 2.35. The van der Waals surface area contributed by atoms with Gasteiger partial charge in [-0.05, 0) is 25.0 Å². The smallest absolute Gasteiger partial charge is 0.207 e. The Labute approximate surface area is 118 Å². The first-order valence-corrected chi connectivity index (χ1v) is 8.37. The summed E-state index contributed by atoms with van der Waals surface area (Å²) in [6.45, 7) is 2.04. The van der Waals surface area contributed by atoms with Crippen molar-refractivity contribution in [1.29, 1.82) is 0 Å². The lowest BCUT2D eigenvalue weighted by atomic mass is 9.95. The standard InChI is InChI=1S/C14H19F2NO2S/c1-2-17(12-6-4-3-5-7-12)20(18,19)14-9-8-11(15)10-13(14)16/h8-10,12H,2-7H2,1H3. The number of rotatable bonds is 4. The predicted molar refractivity (Wildman–Crippen MR) is 72.8 cm³/mol. The van der Waals surface area contributed by atoms with E-state index in [1.54, 1.807) is 6.92 Å². The molecule has 1 aromatic carbocycles. The second kappa shape index (κ2) is 6.18. The van der Waals surface area contributed by atoms with Crippen LogP contribution in [0, 0.1) is 11.6 Å². The first-order valence-electron chi connectivity index (χ1n) is 6.93. The Morgan fingerprint density at radius 1 is 1.20 bits per heavy atom. The van der Waals surface area contributed by atoms with Crippen molar-refractivity contribution < 1.29 is 17.2 Å². The Morgan fingerprint density at radius 3 is 2.40 bits per heavy atom. The minimum absolute atomic E-state index is 0.0804. The van der Waals surface area contributed by atoms with Crippen LogP contribution in [0.3, 0.4) is 0 Å². The highest BCUT2D eigenvalue weighted by Crippen LogP contribution is 2.28. The number of halogens is 2. The number of benzene rings is 1. The number of nitrogens with zero attached hydrogens (tertiary/aromatic N) is 1. The van der Waals surface area contributed by atoms with E-state index < -0.39 is 26.6 Å². The van der Waals surface area contributed by atoms with Crippen LogP contribution in [0.15, 0.2) is 23.1 Å². The molecular formula is C14H19F2NO2S. The Bertz CT molecular complexity index is 569. The monoisotopic (exact) mass is 303 g/mol. The summed E-state index contributed by atoms with van der Waals surface area (Å²) < 4.78 is 53.2. The summed E-state index contributed by atoms with van der Waals surface area (Å²) in [4.78, 5) is -0.439. The minimum atomic E-state index is -3.91. The van der Waals surface area contributed by atoms with Crippen LogP contribution < -0.4 is 0 Å². The third kappa shape index (κ3) is 3.01. The van der Waals surface area contributed by atoms with Crippen LogP contribution in [0.4, 0.5) is 8.78 Å². The van der Waals surface area contributed by atoms with Crippen molar-refractivity contribution in [3.63, 3.8) is 0 Å². The Morgan fingerprint density at radius 2 is 1.85 bits per heavy atom. The van der Waals surface area contributed by atoms with Crippen molar-refractivity contribution in [2.75, 3.05) is 6.54 Å². The molecule has 0 spiro atoms. The number of sulfonamides is 1. The van der Waals surface area contributed by atoms with E-state index >= 15 is 0 Å². The first-order chi connectivity index (χ1) is 9.46. The molecule has 0 heterocycles. The fourth-order valence-electron chi connectivity index (χ4n) is 2.80. The van der Waals surface area contributed by atoms with Crippen molar-refractivity contribution in [3.05, 3.63) is 29.8 Å². The summed E-state index contributed by atoms with van der Waals surface area (Å²) in [5.41, 5.74) is 0. The fourth-order valence-corrected chi connectivity index (χ4v) is 4.55. The number of hydrogen-bond donors (Lipinski definition) is 0. The molecule has 1 fully saturated rings. The largest absolute Gasteiger partial charge is 0.246 e. The van der Waals surface area contributed by atoms with E-state index in [0.29, 0.717) is 12.6 Å². The number of hydrogen-bond acceptors (Lipinski definition) is 2. The van der Waals surface area contributed by atoms with Gasteiger partial charge in [0.25, 0.3) is 0 Å². The van der Waals surface area contributed by atoms with Crippen molar-refractivity contribution >= 4 is 10.0 Å². The first kappa shape index (κ1) is 15.4. The van der Waals surface area contributed by atoms with Crippen molar-refractivity contribution in [2.45, 2.75) is 50.0 Å². The zero-order valence-electron chi connectivity index (χ0n) is 11.5. The molecule has 3 nitrogen and oxygen atoms in total. The molecule has 0 aromatic heterocycles. The Hall–Kier alpha value is -1.01. The van der Waals surface area contributed by atoms with Gasteiger partial charge in [-0.15, -0.1) is 0 Å². The van der Waals surface area contributed by atoms with E-state index in [1.165, 1.54) is 4.31 Å². The van der Waals surface area contributed by atoms with Crippen LogP contribution in [0.2, 0.25) is 0 Å². The van der Waals surface area contributed by atoms with Gasteiger partial charge in [-0.2, -0.15) is 4.31 Å². The predicted octanol–water partition coefficient (Wildman–Crippen LogP) is 3.31. The average molecular weight is 303 g/mol. The highest BCUT2D eigenvalue weighted by molar-refractivity contribution is 7.89. The van der Waals surface area contributed by atoms with Gasteiger partial charge in [0.2, 0.25) is 10.0 Å². The summed E-state index contributed by atoms with van der Waals surface area (Å²) in [7, 11) is -3.91. The molecule has 6 heteroatoms. The van der Waals surface area contributed by atoms with Crippen LogP contribution in [0.5, 0.6) is 0 Å². The average Bonchev–Trinajstić information content (AvgIpc) is 2.40. The van der Waals surface area contributed by atoms with E-state index in [0.717, 1.165) is 44.2 Å². The lowest BCUT2D eigenvalue weighted by Crippen LogP contribution is -2.41. The van der Waals surface area contributed by atoms with E-state index in [9.17, 15) is 17.2 Å². The van der Waals surface area contributed by atoms with Gasteiger partial charge in [0.05, 0.1) is 0 Å².